The summed E-state index contributed by atoms with van der Waals surface area (Å²) >= 11 is 0. The van der Waals surface area contributed by atoms with Gasteiger partial charge in [0.05, 0.1) is 6.61 Å². The smallest absolute Gasteiger partial charge is 0.315 e. The predicted molar refractivity (Wildman–Crippen MR) is 119 cm³/mol. The zero-order chi connectivity index (χ0) is 22.1. The van der Waals surface area contributed by atoms with Crippen molar-refractivity contribution in [2.75, 3.05) is 13.4 Å². The van der Waals surface area contributed by atoms with Gasteiger partial charge in [-0.1, -0.05) is 36.4 Å². The van der Waals surface area contributed by atoms with Crippen LogP contribution in [0.3, 0.4) is 0 Å². The molecule has 2 heterocycles. The van der Waals surface area contributed by atoms with Gasteiger partial charge >= 0.3 is 5.97 Å². The lowest BCUT2D eigenvalue weighted by atomic mass is 9.71. The number of carbonyl (C=O) groups is 2. The molecule has 0 aromatic heterocycles. The molecule has 0 saturated carbocycles. The fourth-order valence-electron chi connectivity index (χ4n) is 4.78. The Morgan fingerprint density at radius 3 is 2.75 bits per heavy atom. The van der Waals surface area contributed by atoms with Gasteiger partial charge in [-0.25, -0.2) is 0 Å². The van der Waals surface area contributed by atoms with E-state index in [1.807, 2.05) is 55.5 Å². The minimum Gasteiger partial charge on any atom is -0.465 e. The van der Waals surface area contributed by atoms with E-state index in [0.717, 1.165) is 29.7 Å². The molecule has 2 unspecified atom stereocenters. The third-order valence-corrected chi connectivity index (χ3v) is 6.32. The summed E-state index contributed by atoms with van der Waals surface area (Å²) in [5.41, 5.74) is 4.08. The van der Waals surface area contributed by atoms with Gasteiger partial charge in [-0.3, -0.25) is 14.6 Å². The van der Waals surface area contributed by atoms with Crippen molar-refractivity contribution in [3.63, 3.8) is 0 Å². The molecule has 32 heavy (non-hydrogen) atoms. The molecule has 164 valence electrons. The van der Waals surface area contributed by atoms with Crippen LogP contribution in [0.5, 0.6) is 11.5 Å². The minimum absolute atomic E-state index is 0.0623. The van der Waals surface area contributed by atoms with Gasteiger partial charge in [0.25, 0.3) is 0 Å². The molecule has 0 bridgehead atoms. The fourth-order valence-corrected chi connectivity index (χ4v) is 4.78. The number of ketones is 1. The topological polar surface area (TPSA) is 74.2 Å². The van der Waals surface area contributed by atoms with E-state index in [-0.39, 0.29) is 25.2 Å². The SMILES string of the molecule is CC1=NC2=C(C(=O)CCC2)C(c2ccc3c(c2)OCO3)C1C(=O)OCCc1ccccc1. The van der Waals surface area contributed by atoms with Crippen molar-refractivity contribution in [3.05, 3.63) is 70.9 Å². The number of nitrogens with zero attached hydrogens (tertiary/aromatic N) is 1. The van der Waals surface area contributed by atoms with E-state index < -0.39 is 11.8 Å². The van der Waals surface area contributed by atoms with Crippen molar-refractivity contribution < 1.29 is 23.8 Å². The molecule has 6 heteroatoms. The molecule has 0 saturated heterocycles. The number of allylic oxidation sites excluding steroid dienone is 2. The number of hydrogen-bond donors (Lipinski definition) is 0. The van der Waals surface area contributed by atoms with E-state index in [2.05, 4.69) is 0 Å². The monoisotopic (exact) mass is 431 g/mol. The summed E-state index contributed by atoms with van der Waals surface area (Å²) in [4.78, 5) is 31.0. The third kappa shape index (κ3) is 3.81. The van der Waals surface area contributed by atoms with Gasteiger partial charge in [0.1, 0.15) is 5.92 Å². The van der Waals surface area contributed by atoms with Gasteiger partial charge in [0, 0.05) is 35.7 Å². The lowest BCUT2D eigenvalue weighted by Gasteiger charge is -2.34. The highest BCUT2D eigenvalue weighted by molar-refractivity contribution is 6.08. The predicted octanol–water partition coefficient (Wildman–Crippen LogP) is 4.38. The minimum atomic E-state index is -0.646. The number of fused-ring (bicyclic) bond motifs is 1. The van der Waals surface area contributed by atoms with Gasteiger partial charge in [-0.15, -0.1) is 0 Å². The van der Waals surface area contributed by atoms with Crippen LogP contribution >= 0.6 is 0 Å². The molecule has 0 spiro atoms. The van der Waals surface area contributed by atoms with Crippen molar-refractivity contribution in [1.82, 2.24) is 0 Å². The van der Waals surface area contributed by atoms with Crippen LogP contribution in [-0.2, 0) is 20.7 Å². The van der Waals surface area contributed by atoms with E-state index >= 15 is 0 Å². The molecule has 3 aliphatic rings. The van der Waals surface area contributed by atoms with Crippen molar-refractivity contribution in [1.29, 1.82) is 0 Å². The van der Waals surface area contributed by atoms with Crippen LogP contribution in [0.2, 0.25) is 0 Å². The molecule has 2 aromatic rings. The molecule has 1 aliphatic carbocycles. The first kappa shape index (κ1) is 20.5. The maximum atomic E-state index is 13.3. The van der Waals surface area contributed by atoms with Crippen LogP contribution in [0.4, 0.5) is 0 Å². The standard InChI is InChI=1S/C26H25NO5/c1-16-23(26(29)30-13-12-17-6-3-2-4-7-17)24(25-19(27-16)8-5-9-20(25)28)18-10-11-21-22(14-18)32-15-31-21/h2-4,6-7,10-11,14,23-24H,5,8-9,12-13,15H2,1H3. The second kappa shape index (κ2) is 8.61. The molecule has 0 N–H and O–H groups in total. The molecule has 2 atom stereocenters. The Balaban J connectivity index is 1.45. The molecule has 0 radical (unpaired) electrons. The first-order valence-electron chi connectivity index (χ1n) is 11.0. The van der Waals surface area contributed by atoms with Gasteiger partial charge in [0.2, 0.25) is 6.79 Å². The Morgan fingerprint density at radius 1 is 1.09 bits per heavy atom. The molecule has 0 amide bonds. The maximum absolute atomic E-state index is 13.3. The van der Waals surface area contributed by atoms with Crippen LogP contribution in [0.1, 0.15) is 43.2 Å². The summed E-state index contributed by atoms with van der Waals surface area (Å²) in [6.45, 7) is 2.30. The number of Topliss-reactive ketones (excluding diaryl/α,β-unsaturated/α-hetero) is 1. The number of carbonyl (C=O) groups excluding carboxylic acids is 2. The van der Waals surface area contributed by atoms with Crippen LogP contribution in [0, 0.1) is 5.92 Å². The Hall–Kier alpha value is -3.41. The molecule has 0 fully saturated rings. The lowest BCUT2D eigenvalue weighted by molar-refractivity contribution is -0.146. The van der Waals surface area contributed by atoms with Crippen LogP contribution in [0.15, 0.2) is 64.8 Å². The molecule has 2 aliphatic heterocycles. The molecule has 6 nitrogen and oxygen atoms in total. The average Bonchev–Trinajstić information content (AvgIpc) is 3.27. The summed E-state index contributed by atoms with van der Waals surface area (Å²) in [6, 6.07) is 15.5. The fraction of sp³-hybridized carbons (Fsp3) is 0.346. The number of hydrogen-bond acceptors (Lipinski definition) is 6. The lowest BCUT2D eigenvalue weighted by Crippen LogP contribution is -2.37. The number of rotatable bonds is 5. The second-order valence-electron chi connectivity index (χ2n) is 8.36. The Labute approximate surface area is 186 Å². The highest BCUT2D eigenvalue weighted by Crippen LogP contribution is 2.45. The van der Waals surface area contributed by atoms with E-state index in [0.29, 0.717) is 35.6 Å². The summed E-state index contributed by atoms with van der Waals surface area (Å²) in [5.74, 6) is -0.0756. The number of esters is 1. The van der Waals surface area contributed by atoms with Crippen molar-refractivity contribution >= 4 is 17.5 Å². The van der Waals surface area contributed by atoms with E-state index in [9.17, 15) is 9.59 Å². The highest BCUT2D eigenvalue weighted by Gasteiger charge is 2.43. The van der Waals surface area contributed by atoms with Crippen LogP contribution in [0.25, 0.3) is 0 Å². The summed E-state index contributed by atoms with van der Waals surface area (Å²) < 4.78 is 16.7. The molecule has 2 aromatic carbocycles. The number of benzene rings is 2. The van der Waals surface area contributed by atoms with Gasteiger partial charge in [-0.05, 0) is 43.0 Å². The van der Waals surface area contributed by atoms with Gasteiger partial charge in [0.15, 0.2) is 17.3 Å². The van der Waals surface area contributed by atoms with E-state index in [1.54, 1.807) is 0 Å². The molecular weight excluding hydrogens is 406 g/mol. The normalized spacial score (nSPS) is 21.8. The van der Waals surface area contributed by atoms with Gasteiger partial charge < -0.3 is 14.2 Å². The Kier molecular flexibility index (Phi) is 5.52. The van der Waals surface area contributed by atoms with Gasteiger partial charge in [-0.2, -0.15) is 0 Å². The quantitative estimate of drug-likeness (QED) is 0.657. The van der Waals surface area contributed by atoms with Crippen molar-refractivity contribution in [2.45, 2.75) is 38.5 Å². The molecule has 5 rings (SSSR count). The Morgan fingerprint density at radius 2 is 1.91 bits per heavy atom. The van der Waals surface area contributed by atoms with Crippen molar-refractivity contribution in [3.8, 4) is 11.5 Å². The number of ether oxygens (including phenoxy) is 3. The zero-order valence-corrected chi connectivity index (χ0v) is 18.0. The van der Waals surface area contributed by atoms with E-state index in [1.165, 1.54) is 0 Å². The zero-order valence-electron chi connectivity index (χ0n) is 18.0. The van der Waals surface area contributed by atoms with Crippen LogP contribution < -0.4 is 9.47 Å². The summed E-state index contributed by atoms with van der Waals surface area (Å²) in [5, 5.41) is 0. The summed E-state index contributed by atoms with van der Waals surface area (Å²) in [7, 11) is 0. The maximum Gasteiger partial charge on any atom is 0.315 e. The summed E-state index contributed by atoms with van der Waals surface area (Å²) in [6.07, 6.45) is 2.64. The van der Waals surface area contributed by atoms with Crippen LogP contribution in [-0.4, -0.2) is 30.9 Å². The average molecular weight is 431 g/mol. The van der Waals surface area contributed by atoms with E-state index in [4.69, 9.17) is 19.2 Å². The highest BCUT2D eigenvalue weighted by atomic mass is 16.7. The second-order valence-corrected chi connectivity index (χ2v) is 8.36. The molecular formula is C26H25NO5. The number of aliphatic imine (C=N–C) groups is 1. The first-order valence-corrected chi connectivity index (χ1v) is 11.0. The Bertz CT molecular complexity index is 1120. The largest absolute Gasteiger partial charge is 0.465 e. The van der Waals surface area contributed by atoms with Crippen molar-refractivity contribution in [2.24, 2.45) is 10.9 Å². The first-order chi connectivity index (χ1) is 15.6. The third-order valence-electron chi connectivity index (χ3n) is 6.32.